The van der Waals surface area contributed by atoms with Crippen LogP contribution in [-0.4, -0.2) is 37.8 Å². The minimum absolute atomic E-state index is 0.270. The summed E-state index contributed by atoms with van der Waals surface area (Å²) in [5.41, 5.74) is 1.21. The van der Waals surface area contributed by atoms with Gasteiger partial charge < -0.3 is 15.0 Å². The van der Waals surface area contributed by atoms with Gasteiger partial charge in [-0.1, -0.05) is 6.92 Å². The quantitative estimate of drug-likeness (QED) is 0.698. The van der Waals surface area contributed by atoms with Crippen LogP contribution in [0.15, 0.2) is 16.7 Å². The Bertz CT molecular complexity index is 399. The molecule has 0 saturated carbocycles. The van der Waals surface area contributed by atoms with Crippen molar-refractivity contribution in [1.82, 2.24) is 10.3 Å². The van der Waals surface area contributed by atoms with Gasteiger partial charge >= 0.3 is 0 Å². The van der Waals surface area contributed by atoms with E-state index in [0.29, 0.717) is 6.61 Å². The van der Waals surface area contributed by atoms with Crippen molar-refractivity contribution in [2.45, 2.75) is 39.8 Å². The lowest BCUT2D eigenvalue weighted by Gasteiger charge is -2.22. The van der Waals surface area contributed by atoms with Crippen LogP contribution in [0.4, 0.5) is 5.82 Å². The van der Waals surface area contributed by atoms with Gasteiger partial charge in [0.1, 0.15) is 5.82 Å². The number of nitrogens with one attached hydrogen (secondary N) is 1. The largest absolute Gasteiger partial charge is 0.377 e. The van der Waals surface area contributed by atoms with Gasteiger partial charge in [0, 0.05) is 36.4 Å². The standard InChI is InChI=1S/C15H26BrN3O/c1-5-6-17-10-13-9-14(16)11-18-15(13)19(4)7-8-20-12(2)3/h9,11-12,17H,5-8,10H2,1-4H3. The van der Waals surface area contributed by atoms with Gasteiger partial charge in [0.05, 0.1) is 12.7 Å². The fraction of sp³-hybridized carbons (Fsp3) is 0.667. The van der Waals surface area contributed by atoms with E-state index in [4.69, 9.17) is 4.74 Å². The first-order chi connectivity index (χ1) is 9.54. The van der Waals surface area contributed by atoms with Crippen LogP contribution in [0.5, 0.6) is 0 Å². The minimum atomic E-state index is 0.270. The van der Waals surface area contributed by atoms with Crippen LogP contribution in [-0.2, 0) is 11.3 Å². The molecule has 5 heteroatoms. The normalized spacial score (nSPS) is 11.1. The third kappa shape index (κ3) is 6.20. The number of aromatic nitrogens is 1. The molecule has 0 aliphatic heterocycles. The molecule has 0 bridgehead atoms. The van der Waals surface area contributed by atoms with E-state index in [1.165, 1.54) is 5.56 Å². The third-order valence-electron chi connectivity index (χ3n) is 2.89. The number of nitrogens with zero attached hydrogens (tertiary/aromatic N) is 2. The molecule has 0 aliphatic rings. The molecule has 1 rings (SSSR count). The first-order valence-electron chi connectivity index (χ1n) is 7.22. The molecular weight excluding hydrogens is 318 g/mol. The molecule has 0 saturated heterocycles. The molecule has 1 aromatic heterocycles. The average Bonchev–Trinajstić information content (AvgIpc) is 2.38. The van der Waals surface area contributed by atoms with E-state index >= 15 is 0 Å². The smallest absolute Gasteiger partial charge is 0.132 e. The molecule has 1 heterocycles. The topological polar surface area (TPSA) is 37.4 Å². The Labute approximate surface area is 131 Å². The number of ether oxygens (including phenoxy) is 1. The first kappa shape index (κ1) is 17.4. The van der Waals surface area contributed by atoms with E-state index in [0.717, 1.165) is 36.3 Å². The molecule has 0 unspecified atom stereocenters. The third-order valence-corrected chi connectivity index (χ3v) is 3.32. The molecule has 4 nitrogen and oxygen atoms in total. The van der Waals surface area contributed by atoms with Gasteiger partial charge in [0.2, 0.25) is 0 Å². The molecule has 0 fully saturated rings. The lowest BCUT2D eigenvalue weighted by molar-refractivity contribution is 0.0845. The Hall–Kier alpha value is -0.650. The molecule has 0 aromatic carbocycles. The van der Waals surface area contributed by atoms with Crippen LogP contribution in [0.25, 0.3) is 0 Å². The molecule has 0 atom stereocenters. The number of halogens is 1. The molecule has 0 radical (unpaired) electrons. The Morgan fingerprint density at radius 3 is 2.85 bits per heavy atom. The van der Waals surface area contributed by atoms with Crippen LogP contribution >= 0.6 is 15.9 Å². The van der Waals surface area contributed by atoms with Crippen molar-refractivity contribution in [3.8, 4) is 0 Å². The second-order valence-electron chi connectivity index (χ2n) is 5.15. The fourth-order valence-electron chi connectivity index (χ4n) is 1.88. The van der Waals surface area contributed by atoms with Crippen molar-refractivity contribution >= 4 is 21.7 Å². The van der Waals surface area contributed by atoms with E-state index in [2.05, 4.69) is 65.0 Å². The van der Waals surface area contributed by atoms with E-state index in [1.54, 1.807) is 0 Å². The molecule has 1 N–H and O–H groups in total. The highest BCUT2D eigenvalue weighted by molar-refractivity contribution is 9.10. The van der Waals surface area contributed by atoms with E-state index in [-0.39, 0.29) is 6.10 Å². The minimum Gasteiger partial charge on any atom is -0.377 e. The summed E-state index contributed by atoms with van der Waals surface area (Å²) < 4.78 is 6.62. The number of hydrogen-bond donors (Lipinski definition) is 1. The second kappa shape index (κ2) is 9.32. The number of pyridine rings is 1. The van der Waals surface area contributed by atoms with Crippen LogP contribution in [0.2, 0.25) is 0 Å². The van der Waals surface area contributed by atoms with Gasteiger partial charge in [-0.05, 0) is 48.8 Å². The Morgan fingerprint density at radius 2 is 2.20 bits per heavy atom. The van der Waals surface area contributed by atoms with Crippen molar-refractivity contribution < 1.29 is 4.74 Å². The Balaban J connectivity index is 2.66. The van der Waals surface area contributed by atoms with Gasteiger partial charge in [-0.15, -0.1) is 0 Å². The molecule has 0 aliphatic carbocycles. The molecule has 114 valence electrons. The summed E-state index contributed by atoms with van der Waals surface area (Å²) >= 11 is 3.49. The van der Waals surface area contributed by atoms with Crippen LogP contribution in [0, 0.1) is 0 Å². The maximum Gasteiger partial charge on any atom is 0.132 e. The molecule has 0 spiro atoms. The summed E-state index contributed by atoms with van der Waals surface area (Å²) in [4.78, 5) is 6.69. The van der Waals surface area contributed by atoms with Crippen LogP contribution < -0.4 is 10.2 Å². The van der Waals surface area contributed by atoms with E-state index in [1.807, 2.05) is 6.20 Å². The zero-order valence-corrected chi connectivity index (χ0v) is 14.5. The van der Waals surface area contributed by atoms with Gasteiger partial charge in [-0.2, -0.15) is 0 Å². The predicted molar refractivity (Wildman–Crippen MR) is 88.3 cm³/mol. The summed E-state index contributed by atoms with van der Waals surface area (Å²) in [7, 11) is 2.06. The lowest BCUT2D eigenvalue weighted by Crippen LogP contribution is -2.27. The Kier molecular flexibility index (Phi) is 8.11. The second-order valence-corrected chi connectivity index (χ2v) is 6.07. The zero-order chi connectivity index (χ0) is 15.0. The molecule has 1 aromatic rings. The van der Waals surface area contributed by atoms with E-state index in [9.17, 15) is 0 Å². The van der Waals surface area contributed by atoms with Crippen molar-refractivity contribution in [3.63, 3.8) is 0 Å². The van der Waals surface area contributed by atoms with Gasteiger partial charge in [0.15, 0.2) is 0 Å². The highest BCUT2D eigenvalue weighted by Gasteiger charge is 2.10. The van der Waals surface area contributed by atoms with E-state index < -0.39 is 0 Å². The SMILES string of the molecule is CCCNCc1cc(Br)cnc1N(C)CCOC(C)C. The molecule has 20 heavy (non-hydrogen) atoms. The van der Waals surface area contributed by atoms with Crippen molar-refractivity contribution in [2.75, 3.05) is 31.6 Å². The monoisotopic (exact) mass is 343 g/mol. The van der Waals surface area contributed by atoms with Crippen molar-refractivity contribution in [3.05, 3.63) is 22.3 Å². The highest BCUT2D eigenvalue weighted by atomic mass is 79.9. The summed E-state index contributed by atoms with van der Waals surface area (Å²) in [5, 5.41) is 3.43. The maximum absolute atomic E-state index is 5.60. The number of anilines is 1. The summed E-state index contributed by atoms with van der Waals surface area (Å²) in [6, 6.07) is 2.13. The Morgan fingerprint density at radius 1 is 1.45 bits per heavy atom. The van der Waals surface area contributed by atoms with Crippen LogP contribution in [0.1, 0.15) is 32.8 Å². The fourth-order valence-corrected chi connectivity index (χ4v) is 2.26. The summed E-state index contributed by atoms with van der Waals surface area (Å²) in [5.74, 6) is 1.02. The van der Waals surface area contributed by atoms with Crippen molar-refractivity contribution in [2.24, 2.45) is 0 Å². The summed E-state index contributed by atoms with van der Waals surface area (Å²) in [6.07, 6.45) is 3.25. The van der Waals surface area contributed by atoms with Gasteiger partial charge in [0.25, 0.3) is 0 Å². The molecular formula is C15H26BrN3O. The lowest BCUT2D eigenvalue weighted by atomic mass is 10.2. The molecule has 0 amide bonds. The number of rotatable bonds is 9. The maximum atomic E-state index is 5.60. The van der Waals surface area contributed by atoms with Crippen molar-refractivity contribution in [1.29, 1.82) is 0 Å². The number of likely N-dealkylation sites (N-methyl/N-ethyl adjacent to an activating group) is 1. The zero-order valence-electron chi connectivity index (χ0n) is 12.9. The number of hydrogen-bond acceptors (Lipinski definition) is 4. The summed E-state index contributed by atoms with van der Waals surface area (Å²) in [6.45, 7) is 9.69. The van der Waals surface area contributed by atoms with Crippen LogP contribution in [0.3, 0.4) is 0 Å². The van der Waals surface area contributed by atoms with Gasteiger partial charge in [-0.3, -0.25) is 0 Å². The average molecular weight is 344 g/mol. The predicted octanol–water partition coefficient (Wildman–Crippen LogP) is 3.20. The first-order valence-corrected chi connectivity index (χ1v) is 8.01. The van der Waals surface area contributed by atoms with Gasteiger partial charge in [-0.25, -0.2) is 4.98 Å². The highest BCUT2D eigenvalue weighted by Crippen LogP contribution is 2.20.